The van der Waals surface area contributed by atoms with Crippen molar-refractivity contribution in [3.63, 3.8) is 0 Å². The van der Waals surface area contributed by atoms with E-state index in [0.717, 1.165) is 58.4 Å². The molecule has 2 amide bonds. The Morgan fingerprint density at radius 2 is 1.75 bits per heavy atom. The van der Waals surface area contributed by atoms with Gasteiger partial charge in [0.15, 0.2) is 0 Å². The number of hydrogen-bond acceptors (Lipinski definition) is 3. The van der Waals surface area contributed by atoms with Gasteiger partial charge in [0, 0.05) is 44.5 Å². The van der Waals surface area contributed by atoms with Crippen molar-refractivity contribution in [2.75, 3.05) is 37.6 Å². The summed E-state index contributed by atoms with van der Waals surface area (Å²) in [6.45, 7) is 8.40. The number of rotatable bonds is 4. The number of piperazine rings is 1. The summed E-state index contributed by atoms with van der Waals surface area (Å²) in [5.74, 6) is 0.308. The van der Waals surface area contributed by atoms with Crippen LogP contribution in [-0.4, -0.2) is 60.4 Å². The molecule has 3 aliphatic rings. The molecule has 3 unspecified atom stereocenters. The summed E-state index contributed by atoms with van der Waals surface area (Å²) in [6, 6.07) is 8.93. The molecule has 3 fully saturated rings. The largest absolute Gasteiger partial charge is 0.368 e. The maximum atomic E-state index is 12.9. The highest BCUT2D eigenvalue weighted by atomic mass is 16.2. The number of hydrogen-bond donors (Lipinski definition) is 0. The zero-order valence-electron chi connectivity index (χ0n) is 17.3. The van der Waals surface area contributed by atoms with E-state index in [2.05, 4.69) is 47.9 Å². The van der Waals surface area contributed by atoms with Gasteiger partial charge in [0.25, 0.3) is 0 Å². The average molecular weight is 384 g/mol. The Hall–Kier alpha value is -2.04. The van der Waals surface area contributed by atoms with Crippen LogP contribution in [0.2, 0.25) is 0 Å². The quantitative estimate of drug-likeness (QED) is 0.803. The van der Waals surface area contributed by atoms with E-state index in [0.29, 0.717) is 6.04 Å². The van der Waals surface area contributed by atoms with E-state index >= 15 is 0 Å². The van der Waals surface area contributed by atoms with Crippen molar-refractivity contribution in [3.8, 4) is 0 Å². The van der Waals surface area contributed by atoms with Gasteiger partial charge in [-0.25, -0.2) is 0 Å². The van der Waals surface area contributed by atoms with E-state index in [9.17, 15) is 9.59 Å². The molecule has 1 saturated carbocycles. The maximum absolute atomic E-state index is 12.9. The minimum absolute atomic E-state index is 0.0607. The molecule has 0 N–H and O–H groups in total. The van der Waals surface area contributed by atoms with Crippen LogP contribution < -0.4 is 4.90 Å². The Morgan fingerprint density at radius 3 is 2.46 bits per heavy atom. The van der Waals surface area contributed by atoms with Crippen molar-refractivity contribution in [3.05, 3.63) is 29.8 Å². The molecule has 1 aliphatic carbocycles. The second-order valence-corrected chi connectivity index (χ2v) is 8.69. The first-order valence-electron chi connectivity index (χ1n) is 11.0. The Bertz CT molecular complexity index is 726. The molecule has 2 saturated heterocycles. The van der Waals surface area contributed by atoms with Crippen LogP contribution in [0.5, 0.6) is 0 Å². The van der Waals surface area contributed by atoms with Crippen LogP contribution in [0.1, 0.15) is 44.6 Å². The molecule has 0 spiro atoms. The number of benzene rings is 1. The number of piperidine rings is 1. The summed E-state index contributed by atoms with van der Waals surface area (Å²) < 4.78 is 0. The summed E-state index contributed by atoms with van der Waals surface area (Å²) in [7, 11) is 0. The first-order valence-corrected chi connectivity index (χ1v) is 11.0. The third-order valence-electron chi connectivity index (χ3n) is 6.76. The molecule has 0 radical (unpaired) electrons. The van der Waals surface area contributed by atoms with Crippen molar-refractivity contribution < 1.29 is 9.59 Å². The Labute approximate surface area is 168 Å². The topological polar surface area (TPSA) is 43.9 Å². The lowest BCUT2D eigenvalue weighted by molar-refractivity contribution is -0.140. The Balaban J connectivity index is 1.30. The monoisotopic (exact) mass is 383 g/mol. The molecule has 5 heteroatoms. The van der Waals surface area contributed by atoms with Crippen molar-refractivity contribution >= 4 is 17.5 Å². The molecule has 1 aromatic rings. The SMILES string of the molecule is CCC1CCCCN1C(=O)C1CC1C(=O)N1CCN(c2cccc(C)c2)CC1. The summed E-state index contributed by atoms with van der Waals surface area (Å²) >= 11 is 0. The van der Waals surface area contributed by atoms with Gasteiger partial charge < -0.3 is 14.7 Å². The van der Waals surface area contributed by atoms with Crippen LogP contribution in [0, 0.1) is 18.8 Å². The van der Waals surface area contributed by atoms with E-state index in [1.807, 2.05) is 4.90 Å². The Morgan fingerprint density at radius 1 is 1.00 bits per heavy atom. The summed E-state index contributed by atoms with van der Waals surface area (Å²) in [6.07, 6.45) is 5.23. The molecule has 3 atom stereocenters. The van der Waals surface area contributed by atoms with Crippen LogP contribution in [0.4, 0.5) is 5.69 Å². The van der Waals surface area contributed by atoms with E-state index < -0.39 is 0 Å². The van der Waals surface area contributed by atoms with Gasteiger partial charge in [-0.3, -0.25) is 9.59 Å². The lowest BCUT2D eigenvalue weighted by Crippen LogP contribution is -2.50. The molecule has 2 heterocycles. The molecule has 0 aromatic heterocycles. The minimum Gasteiger partial charge on any atom is -0.368 e. The first-order chi connectivity index (χ1) is 13.6. The fourth-order valence-electron chi connectivity index (χ4n) is 4.91. The second-order valence-electron chi connectivity index (χ2n) is 8.69. The minimum atomic E-state index is -0.0718. The van der Waals surface area contributed by atoms with Gasteiger partial charge in [0.1, 0.15) is 0 Å². The summed E-state index contributed by atoms with van der Waals surface area (Å²) in [4.78, 5) is 32.3. The van der Waals surface area contributed by atoms with E-state index in [-0.39, 0.29) is 23.7 Å². The standard InChI is InChI=1S/C23H33N3O2/c1-3-18-8-4-5-10-26(18)23(28)21-16-20(21)22(27)25-13-11-24(12-14-25)19-9-6-7-17(2)15-19/h6-7,9,15,18,20-21H,3-5,8,10-14,16H2,1-2H3. The number of anilines is 1. The normalized spacial score (nSPS) is 27.6. The maximum Gasteiger partial charge on any atom is 0.226 e. The molecule has 152 valence electrons. The van der Waals surface area contributed by atoms with Crippen LogP contribution >= 0.6 is 0 Å². The van der Waals surface area contributed by atoms with E-state index in [1.54, 1.807) is 0 Å². The lowest BCUT2D eigenvalue weighted by Gasteiger charge is -2.37. The predicted octanol–water partition coefficient (Wildman–Crippen LogP) is 3.07. The zero-order chi connectivity index (χ0) is 19.7. The van der Waals surface area contributed by atoms with Gasteiger partial charge in [-0.15, -0.1) is 0 Å². The second kappa shape index (κ2) is 8.14. The highest BCUT2D eigenvalue weighted by Gasteiger charge is 2.51. The zero-order valence-corrected chi connectivity index (χ0v) is 17.3. The number of aryl methyl sites for hydroxylation is 1. The number of likely N-dealkylation sites (tertiary alicyclic amines) is 1. The fraction of sp³-hybridized carbons (Fsp3) is 0.652. The van der Waals surface area contributed by atoms with Crippen molar-refractivity contribution in [2.24, 2.45) is 11.8 Å². The lowest BCUT2D eigenvalue weighted by atomic mass is 9.99. The van der Waals surface area contributed by atoms with Crippen LogP contribution in [-0.2, 0) is 9.59 Å². The fourth-order valence-corrected chi connectivity index (χ4v) is 4.91. The molecule has 0 bridgehead atoms. The van der Waals surface area contributed by atoms with Crippen LogP contribution in [0.3, 0.4) is 0 Å². The van der Waals surface area contributed by atoms with Gasteiger partial charge >= 0.3 is 0 Å². The summed E-state index contributed by atoms with van der Waals surface area (Å²) in [5.41, 5.74) is 2.50. The first kappa shape index (κ1) is 19.3. The van der Waals surface area contributed by atoms with E-state index in [4.69, 9.17) is 0 Å². The van der Waals surface area contributed by atoms with Crippen LogP contribution in [0.25, 0.3) is 0 Å². The molecule has 28 heavy (non-hydrogen) atoms. The highest BCUT2D eigenvalue weighted by Crippen LogP contribution is 2.42. The van der Waals surface area contributed by atoms with Crippen molar-refractivity contribution in [1.82, 2.24) is 9.80 Å². The Kier molecular flexibility index (Phi) is 5.61. The van der Waals surface area contributed by atoms with Gasteiger partial charge in [-0.05, 0) is 56.7 Å². The predicted molar refractivity (Wildman–Crippen MR) is 111 cm³/mol. The third-order valence-corrected chi connectivity index (χ3v) is 6.76. The van der Waals surface area contributed by atoms with Crippen LogP contribution in [0.15, 0.2) is 24.3 Å². The smallest absolute Gasteiger partial charge is 0.226 e. The molecular formula is C23H33N3O2. The van der Waals surface area contributed by atoms with Crippen molar-refractivity contribution in [1.29, 1.82) is 0 Å². The third kappa shape index (κ3) is 3.89. The number of carbonyl (C=O) groups excluding carboxylic acids is 2. The van der Waals surface area contributed by atoms with Gasteiger partial charge in [-0.1, -0.05) is 19.1 Å². The molecule has 1 aromatic carbocycles. The van der Waals surface area contributed by atoms with Crippen molar-refractivity contribution in [2.45, 2.75) is 52.0 Å². The number of carbonyl (C=O) groups is 2. The van der Waals surface area contributed by atoms with Gasteiger partial charge in [0.2, 0.25) is 11.8 Å². The molecular weight excluding hydrogens is 350 g/mol. The summed E-state index contributed by atoms with van der Waals surface area (Å²) in [5, 5.41) is 0. The molecule has 4 rings (SSSR count). The number of amides is 2. The van der Waals surface area contributed by atoms with Gasteiger partial charge in [-0.2, -0.15) is 0 Å². The molecule has 5 nitrogen and oxygen atoms in total. The van der Waals surface area contributed by atoms with E-state index in [1.165, 1.54) is 17.7 Å². The average Bonchev–Trinajstić information content (AvgIpc) is 3.53. The highest BCUT2D eigenvalue weighted by molar-refractivity contribution is 5.92. The number of nitrogens with zero attached hydrogens (tertiary/aromatic N) is 3. The van der Waals surface area contributed by atoms with Gasteiger partial charge in [0.05, 0.1) is 11.8 Å². The molecule has 2 aliphatic heterocycles.